The van der Waals surface area contributed by atoms with Gasteiger partial charge in [0.25, 0.3) is 0 Å². The van der Waals surface area contributed by atoms with E-state index in [0.717, 1.165) is 32.2 Å². The first-order valence-electron chi connectivity index (χ1n) is 6.54. The quantitative estimate of drug-likeness (QED) is 0.769. The molecule has 0 aliphatic heterocycles. The summed E-state index contributed by atoms with van der Waals surface area (Å²) < 4.78 is 0. The smallest absolute Gasteiger partial charge is 0.224 e. The Morgan fingerprint density at radius 3 is 2.75 bits per heavy atom. The standard InChI is InChI=1S/C13H26N2O/c1-9(2)6-7-15-13(16)11-8-10(3)4-5-12(11)14/h9-12H,4-8,14H2,1-3H3,(H,15,16). The fourth-order valence-corrected chi connectivity index (χ4v) is 2.32. The predicted molar refractivity (Wildman–Crippen MR) is 66.9 cm³/mol. The fourth-order valence-electron chi connectivity index (χ4n) is 2.32. The van der Waals surface area contributed by atoms with Crippen molar-refractivity contribution < 1.29 is 4.79 Å². The number of rotatable bonds is 4. The van der Waals surface area contributed by atoms with Crippen LogP contribution in [0.15, 0.2) is 0 Å². The molecule has 0 aromatic carbocycles. The Morgan fingerprint density at radius 1 is 1.44 bits per heavy atom. The second-order valence-electron chi connectivity index (χ2n) is 5.66. The number of nitrogens with one attached hydrogen (secondary N) is 1. The largest absolute Gasteiger partial charge is 0.356 e. The Balaban J connectivity index is 2.34. The number of carbonyl (C=O) groups is 1. The lowest BCUT2D eigenvalue weighted by atomic mass is 9.79. The Morgan fingerprint density at radius 2 is 2.12 bits per heavy atom. The highest BCUT2D eigenvalue weighted by Gasteiger charge is 2.31. The number of hydrogen-bond acceptors (Lipinski definition) is 2. The van der Waals surface area contributed by atoms with Crippen LogP contribution in [-0.4, -0.2) is 18.5 Å². The number of carbonyl (C=O) groups excluding carboxylic acids is 1. The molecule has 1 saturated carbocycles. The van der Waals surface area contributed by atoms with Crippen LogP contribution in [-0.2, 0) is 4.79 Å². The van der Waals surface area contributed by atoms with Crippen LogP contribution in [0.25, 0.3) is 0 Å². The highest BCUT2D eigenvalue weighted by atomic mass is 16.1. The Labute approximate surface area is 99.2 Å². The zero-order valence-corrected chi connectivity index (χ0v) is 10.8. The van der Waals surface area contributed by atoms with Crippen LogP contribution in [0.3, 0.4) is 0 Å². The average molecular weight is 226 g/mol. The molecule has 1 amide bonds. The lowest BCUT2D eigenvalue weighted by Gasteiger charge is -2.31. The first kappa shape index (κ1) is 13.5. The zero-order valence-electron chi connectivity index (χ0n) is 10.8. The summed E-state index contributed by atoms with van der Waals surface area (Å²) in [5.41, 5.74) is 6.01. The molecule has 1 aliphatic rings. The zero-order chi connectivity index (χ0) is 12.1. The van der Waals surface area contributed by atoms with Crippen molar-refractivity contribution in [2.45, 2.75) is 52.5 Å². The van der Waals surface area contributed by atoms with Crippen molar-refractivity contribution in [3.8, 4) is 0 Å². The summed E-state index contributed by atoms with van der Waals surface area (Å²) in [5.74, 6) is 1.48. The van der Waals surface area contributed by atoms with Crippen LogP contribution in [0, 0.1) is 17.8 Å². The fraction of sp³-hybridized carbons (Fsp3) is 0.923. The minimum Gasteiger partial charge on any atom is -0.356 e. The molecule has 0 saturated heterocycles. The van der Waals surface area contributed by atoms with Gasteiger partial charge in [0.1, 0.15) is 0 Å². The van der Waals surface area contributed by atoms with E-state index in [1.165, 1.54) is 0 Å². The van der Waals surface area contributed by atoms with E-state index >= 15 is 0 Å². The highest BCUT2D eigenvalue weighted by Crippen LogP contribution is 2.27. The van der Waals surface area contributed by atoms with Gasteiger partial charge in [-0.05, 0) is 37.5 Å². The third kappa shape index (κ3) is 4.12. The third-order valence-corrected chi connectivity index (χ3v) is 3.52. The van der Waals surface area contributed by atoms with Gasteiger partial charge in [-0.1, -0.05) is 20.8 Å². The molecule has 1 rings (SSSR count). The molecular weight excluding hydrogens is 200 g/mol. The highest BCUT2D eigenvalue weighted by molar-refractivity contribution is 5.79. The molecular formula is C13H26N2O. The summed E-state index contributed by atoms with van der Waals surface area (Å²) in [6, 6.07) is 0.0650. The Hall–Kier alpha value is -0.570. The number of amides is 1. The Bertz CT molecular complexity index is 228. The summed E-state index contributed by atoms with van der Waals surface area (Å²) in [6.07, 6.45) is 4.15. The van der Waals surface area contributed by atoms with Crippen LogP contribution >= 0.6 is 0 Å². The van der Waals surface area contributed by atoms with Crippen molar-refractivity contribution in [3.63, 3.8) is 0 Å². The maximum Gasteiger partial charge on any atom is 0.224 e. The molecule has 0 aromatic heterocycles. The molecule has 16 heavy (non-hydrogen) atoms. The van der Waals surface area contributed by atoms with Crippen LogP contribution in [0.5, 0.6) is 0 Å². The lowest BCUT2D eigenvalue weighted by molar-refractivity contribution is -0.127. The van der Waals surface area contributed by atoms with E-state index in [2.05, 4.69) is 26.1 Å². The maximum absolute atomic E-state index is 11.9. The normalized spacial score (nSPS) is 30.4. The van der Waals surface area contributed by atoms with Gasteiger partial charge in [-0.15, -0.1) is 0 Å². The van der Waals surface area contributed by atoms with Gasteiger partial charge in [0.15, 0.2) is 0 Å². The van der Waals surface area contributed by atoms with E-state index in [1.54, 1.807) is 0 Å². The molecule has 3 heteroatoms. The average Bonchev–Trinajstić information content (AvgIpc) is 2.21. The molecule has 0 heterocycles. The van der Waals surface area contributed by atoms with Gasteiger partial charge in [-0.3, -0.25) is 4.79 Å². The van der Waals surface area contributed by atoms with Gasteiger partial charge in [-0.25, -0.2) is 0 Å². The molecule has 0 spiro atoms. The molecule has 0 bridgehead atoms. The molecule has 0 radical (unpaired) electrons. The SMILES string of the molecule is CC(C)CCNC(=O)C1CC(C)CCC1N. The summed E-state index contributed by atoms with van der Waals surface area (Å²) in [5, 5.41) is 3.02. The summed E-state index contributed by atoms with van der Waals surface area (Å²) in [4.78, 5) is 11.9. The molecule has 3 unspecified atom stereocenters. The van der Waals surface area contributed by atoms with E-state index in [-0.39, 0.29) is 17.9 Å². The van der Waals surface area contributed by atoms with E-state index in [4.69, 9.17) is 5.73 Å². The van der Waals surface area contributed by atoms with Gasteiger partial charge in [-0.2, -0.15) is 0 Å². The minimum atomic E-state index is 0.0379. The van der Waals surface area contributed by atoms with Crippen molar-refractivity contribution in [3.05, 3.63) is 0 Å². The molecule has 3 N–H and O–H groups in total. The molecule has 1 aliphatic carbocycles. The minimum absolute atomic E-state index is 0.0379. The first-order chi connectivity index (χ1) is 7.50. The van der Waals surface area contributed by atoms with Crippen molar-refractivity contribution in [2.24, 2.45) is 23.5 Å². The van der Waals surface area contributed by atoms with Crippen LogP contribution in [0.2, 0.25) is 0 Å². The molecule has 3 nitrogen and oxygen atoms in total. The van der Waals surface area contributed by atoms with Gasteiger partial charge in [0.05, 0.1) is 5.92 Å². The number of nitrogens with two attached hydrogens (primary N) is 1. The van der Waals surface area contributed by atoms with Gasteiger partial charge in [0, 0.05) is 12.6 Å². The van der Waals surface area contributed by atoms with Crippen LogP contribution in [0.4, 0.5) is 0 Å². The van der Waals surface area contributed by atoms with E-state index in [9.17, 15) is 4.79 Å². The molecule has 0 aromatic rings. The topological polar surface area (TPSA) is 55.1 Å². The van der Waals surface area contributed by atoms with Crippen molar-refractivity contribution >= 4 is 5.91 Å². The van der Waals surface area contributed by atoms with Gasteiger partial charge < -0.3 is 11.1 Å². The van der Waals surface area contributed by atoms with E-state index in [1.807, 2.05) is 0 Å². The molecule has 94 valence electrons. The van der Waals surface area contributed by atoms with E-state index in [0.29, 0.717) is 11.8 Å². The van der Waals surface area contributed by atoms with Crippen LogP contribution in [0.1, 0.15) is 46.5 Å². The summed E-state index contributed by atoms with van der Waals surface area (Å²) in [6.45, 7) is 7.33. The Kier molecular flexibility index (Phi) is 5.26. The molecule has 1 fully saturated rings. The predicted octanol–water partition coefficient (Wildman–Crippen LogP) is 1.91. The second kappa shape index (κ2) is 6.24. The summed E-state index contributed by atoms with van der Waals surface area (Å²) in [7, 11) is 0. The van der Waals surface area contributed by atoms with E-state index < -0.39 is 0 Å². The van der Waals surface area contributed by atoms with Crippen molar-refractivity contribution in [1.29, 1.82) is 0 Å². The number of hydrogen-bond donors (Lipinski definition) is 2. The monoisotopic (exact) mass is 226 g/mol. The van der Waals surface area contributed by atoms with Crippen LogP contribution < -0.4 is 11.1 Å². The maximum atomic E-state index is 11.9. The van der Waals surface area contributed by atoms with Crippen molar-refractivity contribution in [1.82, 2.24) is 5.32 Å². The van der Waals surface area contributed by atoms with Gasteiger partial charge in [0.2, 0.25) is 5.91 Å². The van der Waals surface area contributed by atoms with Crippen molar-refractivity contribution in [2.75, 3.05) is 6.54 Å². The third-order valence-electron chi connectivity index (χ3n) is 3.52. The lowest BCUT2D eigenvalue weighted by Crippen LogP contribution is -2.45. The second-order valence-corrected chi connectivity index (χ2v) is 5.66. The van der Waals surface area contributed by atoms with Gasteiger partial charge >= 0.3 is 0 Å². The first-order valence-corrected chi connectivity index (χ1v) is 6.54. The summed E-state index contributed by atoms with van der Waals surface area (Å²) >= 11 is 0. The molecule has 3 atom stereocenters.